The number of nitrogens with two attached hydrogens (primary N) is 1. The third-order valence-electron chi connectivity index (χ3n) is 7.59. The first kappa shape index (κ1) is 26.0. The average molecular weight is 545 g/mol. The van der Waals surface area contributed by atoms with Crippen LogP contribution in [0.1, 0.15) is 24.0 Å². The van der Waals surface area contributed by atoms with Crippen molar-refractivity contribution >= 4 is 11.0 Å². The van der Waals surface area contributed by atoms with E-state index in [0.29, 0.717) is 61.5 Å². The van der Waals surface area contributed by atoms with Crippen molar-refractivity contribution in [2.75, 3.05) is 13.1 Å². The highest BCUT2D eigenvalue weighted by Gasteiger charge is 2.33. The molecule has 2 aromatic carbocycles. The number of hydrogen-bond acceptors (Lipinski definition) is 9. The second-order valence-corrected chi connectivity index (χ2v) is 10.3. The molecule has 0 atom stereocenters. The van der Waals surface area contributed by atoms with E-state index in [4.69, 9.17) is 10.3 Å². The number of aliphatic hydroxyl groups is 1. The first-order chi connectivity index (χ1) is 19.3. The molecule has 1 aliphatic rings. The average Bonchev–Trinajstić information content (AvgIpc) is 3.61. The van der Waals surface area contributed by atoms with Crippen molar-refractivity contribution in [3.63, 3.8) is 0 Å². The predicted molar refractivity (Wildman–Crippen MR) is 145 cm³/mol. The Labute approximate surface area is 228 Å². The van der Waals surface area contributed by atoms with Crippen molar-refractivity contribution in [2.45, 2.75) is 38.1 Å². The van der Waals surface area contributed by atoms with Crippen LogP contribution in [0.5, 0.6) is 0 Å². The molecule has 0 amide bonds. The van der Waals surface area contributed by atoms with Crippen LogP contribution in [-0.4, -0.2) is 58.2 Å². The summed E-state index contributed by atoms with van der Waals surface area (Å²) in [6.45, 7) is 2.07. The maximum atomic E-state index is 14.8. The molecule has 3 aromatic heterocycles. The van der Waals surface area contributed by atoms with Crippen LogP contribution in [0.2, 0.25) is 0 Å². The smallest absolute Gasteiger partial charge is 0.281 e. The van der Waals surface area contributed by atoms with Crippen molar-refractivity contribution in [1.29, 1.82) is 0 Å². The minimum absolute atomic E-state index is 0.105. The van der Waals surface area contributed by atoms with Gasteiger partial charge >= 0.3 is 0 Å². The lowest BCUT2D eigenvalue weighted by atomic mass is 9.91. The van der Waals surface area contributed by atoms with E-state index in [2.05, 4.69) is 25.1 Å². The normalized spacial score (nSPS) is 15.6. The third-order valence-corrected chi connectivity index (χ3v) is 7.59. The van der Waals surface area contributed by atoms with Crippen LogP contribution in [0.3, 0.4) is 0 Å². The highest BCUT2D eigenvalue weighted by molar-refractivity contribution is 5.89. The van der Waals surface area contributed by atoms with Crippen molar-refractivity contribution in [2.24, 2.45) is 12.8 Å². The van der Waals surface area contributed by atoms with Gasteiger partial charge in [-0.05, 0) is 24.5 Å². The zero-order valence-electron chi connectivity index (χ0n) is 22.0. The maximum absolute atomic E-state index is 14.8. The molecule has 3 N–H and O–H groups in total. The van der Waals surface area contributed by atoms with Gasteiger partial charge in [0.1, 0.15) is 11.3 Å². The Kier molecular flexibility index (Phi) is 6.74. The van der Waals surface area contributed by atoms with Gasteiger partial charge in [-0.1, -0.05) is 41.6 Å². The highest BCUT2D eigenvalue weighted by atomic mass is 19.1. The lowest BCUT2D eigenvalue weighted by Gasteiger charge is -2.38. The number of likely N-dealkylation sites (tertiary alicyclic amines) is 1. The summed E-state index contributed by atoms with van der Waals surface area (Å²) in [6.07, 6.45) is 3.55. The fourth-order valence-electron chi connectivity index (χ4n) is 5.29. The van der Waals surface area contributed by atoms with Gasteiger partial charge in [0.05, 0.1) is 24.2 Å². The standard InChI is InChI=1S/C28H29FN8O3/c1-35-25(19-4-2-18(13-30)3-5-19)23-24(33-35)27(38)37(16-31-23)15-28(39)8-10-36(11-9-28)14-21-7-6-20(12-22(21)29)26-32-17-40-34-26/h2-7,12,16-17,39H,8-11,13-15,30H2,1H3. The molecule has 4 heterocycles. The molecule has 1 saturated heterocycles. The van der Waals surface area contributed by atoms with Crippen molar-refractivity contribution in [1.82, 2.24) is 34.4 Å². The lowest BCUT2D eigenvalue weighted by molar-refractivity contribution is -0.0366. The van der Waals surface area contributed by atoms with E-state index in [1.165, 1.54) is 23.4 Å². The number of piperidine rings is 1. The van der Waals surface area contributed by atoms with E-state index >= 15 is 0 Å². The fraction of sp³-hybridized carbons (Fsp3) is 0.321. The Morgan fingerprint density at radius 1 is 1.07 bits per heavy atom. The molecular formula is C28H29FN8O3. The predicted octanol–water partition coefficient (Wildman–Crippen LogP) is 2.47. The molecule has 0 radical (unpaired) electrons. The van der Waals surface area contributed by atoms with Gasteiger partial charge in [-0.15, -0.1) is 0 Å². The first-order valence-electron chi connectivity index (χ1n) is 13.0. The van der Waals surface area contributed by atoms with Crippen LogP contribution in [-0.2, 0) is 26.7 Å². The molecule has 0 aliphatic carbocycles. The Morgan fingerprint density at radius 2 is 1.82 bits per heavy atom. The van der Waals surface area contributed by atoms with Crippen LogP contribution < -0.4 is 11.3 Å². The number of aromatic nitrogens is 6. The molecule has 206 valence electrons. The van der Waals surface area contributed by atoms with E-state index in [1.807, 2.05) is 24.3 Å². The number of fused-ring (bicyclic) bond motifs is 1. The van der Waals surface area contributed by atoms with Crippen LogP contribution >= 0.6 is 0 Å². The molecule has 6 rings (SSSR count). The number of halogens is 1. The van der Waals surface area contributed by atoms with E-state index in [1.54, 1.807) is 23.9 Å². The van der Waals surface area contributed by atoms with E-state index in [9.17, 15) is 14.3 Å². The van der Waals surface area contributed by atoms with Gasteiger partial charge in [-0.2, -0.15) is 10.1 Å². The summed E-state index contributed by atoms with van der Waals surface area (Å²) in [6, 6.07) is 12.6. The quantitative estimate of drug-likeness (QED) is 0.316. The molecule has 12 heteroatoms. The molecular weight excluding hydrogens is 515 g/mol. The van der Waals surface area contributed by atoms with Gasteiger partial charge in [-0.25, -0.2) is 9.37 Å². The summed E-state index contributed by atoms with van der Waals surface area (Å²) in [4.78, 5) is 24.0. The summed E-state index contributed by atoms with van der Waals surface area (Å²) in [5, 5.41) is 19.5. The van der Waals surface area contributed by atoms with Crippen LogP contribution in [0, 0.1) is 5.82 Å². The van der Waals surface area contributed by atoms with Crippen molar-refractivity contribution in [3.05, 3.63) is 82.5 Å². The summed E-state index contributed by atoms with van der Waals surface area (Å²) in [5.74, 6) is -0.0152. The maximum Gasteiger partial charge on any atom is 0.281 e. The number of hydrogen-bond donors (Lipinski definition) is 2. The van der Waals surface area contributed by atoms with Gasteiger partial charge in [0.15, 0.2) is 5.52 Å². The van der Waals surface area contributed by atoms with Gasteiger partial charge in [0.2, 0.25) is 12.2 Å². The molecule has 5 aromatic rings. The summed E-state index contributed by atoms with van der Waals surface area (Å²) >= 11 is 0. The highest BCUT2D eigenvalue weighted by Crippen LogP contribution is 2.28. The van der Waals surface area contributed by atoms with Gasteiger partial charge in [-0.3, -0.25) is 18.9 Å². The number of nitrogens with zero attached hydrogens (tertiary/aromatic N) is 7. The van der Waals surface area contributed by atoms with Gasteiger partial charge in [0.25, 0.3) is 5.56 Å². The van der Waals surface area contributed by atoms with E-state index in [-0.39, 0.29) is 23.4 Å². The van der Waals surface area contributed by atoms with Crippen LogP contribution in [0.4, 0.5) is 4.39 Å². The van der Waals surface area contributed by atoms with E-state index < -0.39 is 5.60 Å². The Morgan fingerprint density at radius 3 is 2.50 bits per heavy atom. The zero-order valence-corrected chi connectivity index (χ0v) is 22.0. The largest absolute Gasteiger partial charge is 0.388 e. The number of benzene rings is 2. The molecule has 0 bridgehead atoms. The van der Waals surface area contributed by atoms with Crippen LogP contribution in [0.25, 0.3) is 33.7 Å². The van der Waals surface area contributed by atoms with Crippen LogP contribution in [0.15, 0.2) is 64.5 Å². The molecule has 11 nitrogen and oxygen atoms in total. The molecule has 0 saturated carbocycles. The number of aryl methyl sites for hydroxylation is 1. The van der Waals surface area contributed by atoms with Gasteiger partial charge < -0.3 is 15.4 Å². The van der Waals surface area contributed by atoms with Gasteiger partial charge in [0, 0.05) is 49.9 Å². The third kappa shape index (κ3) is 4.92. The second-order valence-electron chi connectivity index (χ2n) is 10.3. The van der Waals surface area contributed by atoms with Crippen molar-refractivity contribution < 1.29 is 14.0 Å². The molecule has 40 heavy (non-hydrogen) atoms. The molecule has 1 aliphatic heterocycles. The monoisotopic (exact) mass is 544 g/mol. The Hall–Kier alpha value is -4.26. The Bertz CT molecular complexity index is 1700. The zero-order chi connectivity index (χ0) is 27.9. The van der Waals surface area contributed by atoms with Crippen molar-refractivity contribution in [3.8, 4) is 22.6 Å². The minimum Gasteiger partial charge on any atom is -0.388 e. The summed E-state index contributed by atoms with van der Waals surface area (Å²) in [5.41, 5.74) is 8.82. The topological polar surface area (TPSA) is 141 Å². The fourth-order valence-corrected chi connectivity index (χ4v) is 5.29. The lowest BCUT2D eigenvalue weighted by Crippen LogP contribution is -2.47. The second kappa shape index (κ2) is 10.4. The first-order valence-corrected chi connectivity index (χ1v) is 13.0. The molecule has 0 unspecified atom stereocenters. The number of rotatable bonds is 7. The minimum atomic E-state index is -1.09. The van der Waals surface area contributed by atoms with E-state index in [0.717, 1.165) is 16.8 Å². The SMILES string of the molecule is Cn1nc2c(=O)n(CC3(O)CCN(Cc4ccc(-c5ncon5)cc4F)CC3)cnc2c1-c1ccc(CN)cc1. The molecule has 1 fully saturated rings. The molecule has 0 spiro atoms. The summed E-state index contributed by atoms with van der Waals surface area (Å²) in [7, 11) is 1.78. The Balaban J connectivity index is 1.14. The summed E-state index contributed by atoms with van der Waals surface area (Å²) < 4.78 is 22.6.